The molecule has 1 heterocycles. The van der Waals surface area contributed by atoms with E-state index in [4.69, 9.17) is 16.3 Å². The minimum atomic E-state index is 0.647. The number of hydrogen-bond acceptors (Lipinski definition) is 4. The summed E-state index contributed by atoms with van der Waals surface area (Å²) >= 11 is 6.02. The Kier molecular flexibility index (Phi) is 4.88. The van der Waals surface area contributed by atoms with E-state index < -0.39 is 0 Å². The summed E-state index contributed by atoms with van der Waals surface area (Å²) in [5, 5.41) is 5.09. The van der Waals surface area contributed by atoms with Crippen molar-refractivity contribution in [2.45, 2.75) is 20.8 Å². The van der Waals surface area contributed by atoms with Crippen molar-refractivity contribution < 1.29 is 4.74 Å². The first-order valence-corrected chi connectivity index (χ1v) is 9.40. The molecule has 0 saturated heterocycles. The van der Waals surface area contributed by atoms with E-state index in [-0.39, 0.29) is 0 Å². The van der Waals surface area contributed by atoms with Crippen LogP contribution in [0.2, 0.25) is 5.02 Å². The zero-order chi connectivity index (χ0) is 19.7. The average molecular weight is 390 g/mol. The van der Waals surface area contributed by atoms with E-state index in [0.29, 0.717) is 10.8 Å². The number of aryl methyl sites for hydroxylation is 3. The van der Waals surface area contributed by atoms with Crippen molar-refractivity contribution in [2.75, 3.05) is 5.32 Å². The predicted octanol–water partition coefficient (Wildman–Crippen LogP) is 6.74. The van der Waals surface area contributed by atoms with Crippen LogP contribution in [0.5, 0.6) is 11.5 Å². The van der Waals surface area contributed by atoms with Gasteiger partial charge in [0, 0.05) is 16.1 Å². The molecule has 5 heteroatoms. The van der Waals surface area contributed by atoms with Crippen molar-refractivity contribution in [3.8, 4) is 11.5 Å². The molecule has 0 aliphatic heterocycles. The summed E-state index contributed by atoms with van der Waals surface area (Å²) in [6.45, 7) is 6.22. The standard InChI is InChI=1S/C23H20ClN3O/c1-14-10-20-22(11-15(14)2)25-13-26-23(20)27-21-8-7-19(9-16(21)3)28-18-6-4-5-17(24)12-18/h4-13H,1-3H3,(H,25,26,27). The molecular formula is C23H20ClN3O. The van der Waals surface area contributed by atoms with E-state index in [9.17, 15) is 0 Å². The van der Waals surface area contributed by atoms with Gasteiger partial charge in [0.15, 0.2) is 0 Å². The summed E-state index contributed by atoms with van der Waals surface area (Å²) < 4.78 is 5.91. The lowest BCUT2D eigenvalue weighted by molar-refractivity contribution is 0.482. The van der Waals surface area contributed by atoms with Gasteiger partial charge < -0.3 is 10.1 Å². The molecule has 28 heavy (non-hydrogen) atoms. The molecule has 4 aromatic rings. The second kappa shape index (κ2) is 7.49. The molecule has 0 fully saturated rings. The van der Waals surface area contributed by atoms with Crippen LogP contribution in [-0.2, 0) is 0 Å². The van der Waals surface area contributed by atoms with Gasteiger partial charge in [-0.15, -0.1) is 0 Å². The zero-order valence-electron chi connectivity index (χ0n) is 16.0. The van der Waals surface area contributed by atoms with Gasteiger partial charge in [-0.25, -0.2) is 9.97 Å². The first kappa shape index (κ1) is 18.3. The lowest BCUT2D eigenvalue weighted by Crippen LogP contribution is -1.99. The van der Waals surface area contributed by atoms with Crippen LogP contribution in [0.25, 0.3) is 10.9 Å². The topological polar surface area (TPSA) is 47.0 Å². The molecule has 4 rings (SSSR count). The Morgan fingerprint density at radius 3 is 2.39 bits per heavy atom. The second-order valence-electron chi connectivity index (χ2n) is 6.84. The van der Waals surface area contributed by atoms with Crippen molar-refractivity contribution in [1.82, 2.24) is 9.97 Å². The Bertz CT molecular complexity index is 1170. The number of nitrogens with zero attached hydrogens (tertiary/aromatic N) is 2. The van der Waals surface area contributed by atoms with Crippen LogP contribution in [0, 0.1) is 20.8 Å². The fraction of sp³-hybridized carbons (Fsp3) is 0.130. The summed E-state index contributed by atoms with van der Waals surface area (Å²) in [7, 11) is 0. The maximum Gasteiger partial charge on any atom is 0.141 e. The van der Waals surface area contributed by atoms with Crippen molar-refractivity contribution in [3.05, 3.63) is 82.6 Å². The second-order valence-corrected chi connectivity index (χ2v) is 7.27. The van der Waals surface area contributed by atoms with Crippen LogP contribution >= 0.6 is 11.6 Å². The van der Waals surface area contributed by atoms with E-state index in [1.165, 1.54) is 11.1 Å². The van der Waals surface area contributed by atoms with Crippen LogP contribution in [0.15, 0.2) is 60.9 Å². The number of ether oxygens (including phenoxy) is 1. The van der Waals surface area contributed by atoms with Gasteiger partial charge >= 0.3 is 0 Å². The average Bonchev–Trinajstić information content (AvgIpc) is 2.65. The Balaban J connectivity index is 1.62. The van der Waals surface area contributed by atoms with E-state index in [1.807, 2.05) is 43.3 Å². The van der Waals surface area contributed by atoms with Gasteiger partial charge in [-0.1, -0.05) is 17.7 Å². The highest BCUT2D eigenvalue weighted by Crippen LogP contribution is 2.30. The Labute approximate surface area is 169 Å². The van der Waals surface area contributed by atoms with E-state index in [1.54, 1.807) is 12.4 Å². The normalized spacial score (nSPS) is 10.9. The van der Waals surface area contributed by atoms with Crippen molar-refractivity contribution in [2.24, 2.45) is 0 Å². The lowest BCUT2D eigenvalue weighted by atomic mass is 10.1. The minimum Gasteiger partial charge on any atom is -0.457 e. The molecule has 0 unspecified atom stereocenters. The monoisotopic (exact) mass is 389 g/mol. The molecule has 1 N–H and O–H groups in total. The van der Waals surface area contributed by atoms with Crippen molar-refractivity contribution in [3.63, 3.8) is 0 Å². The minimum absolute atomic E-state index is 0.647. The number of rotatable bonds is 4. The predicted molar refractivity (Wildman–Crippen MR) is 115 cm³/mol. The molecule has 0 atom stereocenters. The van der Waals surface area contributed by atoms with Crippen LogP contribution in [0.4, 0.5) is 11.5 Å². The third kappa shape index (κ3) is 3.78. The highest BCUT2D eigenvalue weighted by Gasteiger charge is 2.09. The first-order chi connectivity index (χ1) is 13.5. The third-order valence-corrected chi connectivity index (χ3v) is 4.97. The SMILES string of the molecule is Cc1cc2ncnc(Nc3ccc(Oc4cccc(Cl)c4)cc3C)c2cc1C. The number of fused-ring (bicyclic) bond motifs is 1. The van der Waals surface area contributed by atoms with Crippen LogP contribution < -0.4 is 10.1 Å². The number of hydrogen-bond donors (Lipinski definition) is 1. The fourth-order valence-corrected chi connectivity index (χ4v) is 3.23. The molecule has 0 aliphatic rings. The van der Waals surface area contributed by atoms with E-state index >= 15 is 0 Å². The molecule has 0 radical (unpaired) electrons. The molecule has 0 amide bonds. The van der Waals surface area contributed by atoms with Gasteiger partial charge in [-0.2, -0.15) is 0 Å². The Hall–Kier alpha value is -3.11. The van der Waals surface area contributed by atoms with E-state index in [2.05, 4.69) is 41.3 Å². The molecule has 0 bridgehead atoms. The number of anilines is 2. The van der Waals surface area contributed by atoms with Crippen molar-refractivity contribution >= 4 is 34.0 Å². The molecule has 0 spiro atoms. The quantitative estimate of drug-likeness (QED) is 0.419. The van der Waals surface area contributed by atoms with Crippen LogP contribution in [0.1, 0.15) is 16.7 Å². The maximum atomic E-state index is 6.02. The zero-order valence-corrected chi connectivity index (χ0v) is 16.7. The molecule has 4 nitrogen and oxygen atoms in total. The summed E-state index contributed by atoms with van der Waals surface area (Å²) in [6.07, 6.45) is 1.59. The summed E-state index contributed by atoms with van der Waals surface area (Å²) in [5.74, 6) is 2.25. The van der Waals surface area contributed by atoms with Gasteiger partial charge in [0.2, 0.25) is 0 Å². The van der Waals surface area contributed by atoms with Gasteiger partial charge in [0.1, 0.15) is 23.6 Å². The molecule has 0 saturated carbocycles. The van der Waals surface area contributed by atoms with Gasteiger partial charge in [0.05, 0.1) is 5.52 Å². The summed E-state index contributed by atoms with van der Waals surface area (Å²) in [6, 6.07) is 17.5. The molecule has 140 valence electrons. The molecular weight excluding hydrogens is 370 g/mol. The molecule has 3 aromatic carbocycles. The number of aromatic nitrogens is 2. The largest absolute Gasteiger partial charge is 0.457 e. The molecule has 1 aromatic heterocycles. The van der Waals surface area contributed by atoms with Crippen LogP contribution in [-0.4, -0.2) is 9.97 Å². The highest BCUT2D eigenvalue weighted by atomic mass is 35.5. The van der Waals surface area contributed by atoms with Crippen molar-refractivity contribution in [1.29, 1.82) is 0 Å². The van der Waals surface area contributed by atoms with Gasteiger partial charge in [0.25, 0.3) is 0 Å². The lowest BCUT2D eigenvalue weighted by Gasteiger charge is -2.13. The van der Waals surface area contributed by atoms with E-state index in [0.717, 1.165) is 33.7 Å². The summed E-state index contributed by atoms with van der Waals surface area (Å²) in [4.78, 5) is 8.84. The highest BCUT2D eigenvalue weighted by molar-refractivity contribution is 6.30. The third-order valence-electron chi connectivity index (χ3n) is 4.73. The fourth-order valence-electron chi connectivity index (χ4n) is 3.05. The van der Waals surface area contributed by atoms with Gasteiger partial charge in [-0.05, 0) is 86.0 Å². The number of benzene rings is 3. The number of nitrogens with one attached hydrogen (secondary N) is 1. The van der Waals surface area contributed by atoms with Crippen LogP contribution in [0.3, 0.4) is 0 Å². The van der Waals surface area contributed by atoms with Gasteiger partial charge in [-0.3, -0.25) is 0 Å². The summed E-state index contributed by atoms with van der Waals surface area (Å²) in [5.41, 5.74) is 5.38. The molecule has 0 aliphatic carbocycles. The maximum absolute atomic E-state index is 6.02. The Morgan fingerprint density at radius 1 is 0.821 bits per heavy atom. The first-order valence-electron chi connectivity index (χ1n) is 9.02. The smallest absolute Gasteiger partial charge is 0.141 e. The number of halogens is 1. The Morgan fingerprint density at radius 2 is 1.61 bits per heavy atom.